The summed E-state index contributed by atoms with van der Waals surface area (Å²) >= 11 is 0. The second kappa shape index (κ2) is 9.36. The van der Waals surface area contributed by atoms with E-state index in [9.17, 15) is 10.1 Å². The number of benzene rings is 2. The van der Waals surface area contributed by atoms with Crippen molar-refractivity contribution in [2.45, 2.75) is 19.5 Å². The molecule has 7 nitrogen and oxygen atoms in total. The van der Waals surface area contributed by atoms with Gasteiger partial charge in [0.1, 0.15) is 11.3 Å². The van der Waals surface area contributed by atoms with Crippen molar-refractivity contribution in [2.24, 2.45) is 4.99 Å². The van der Waals surface area contributed by atoms with Crippen LogP contribution >= 0.6 is 24.0 Å². The lowest BCUT2D eigenvalue weighted by molar-refractivity contribution is -0.384. The van der Waals surface area contributed by atoms with Gasteiger partial charge < -0.3 is 15.1 Å². The maximum absolute atomic E-state index is 10.7. The molecule has 0 fully saturated rings. The van der Waals surface area contributed by atoms with Crippen LogP contribution in [0.2, 0.25) is 0 Å². The summed E-state index contributed by atoms with van der Waals surface area (Å²) in [5, 5.41) is 18.2. The van der Waals surface area contributed by atoms with Gasteiger partial charge in [0.05, 0.1) is 11.0 Å². The van der Waals surface area contributed by atoms with E-state index in [1.54, 1.807) is 19.2 Å². The van der Waals surface area contributed by atoms with E-state index < -0.39 is 4.92 Å². The number of halogens is 1. The van der Waals surface area contributed by atoms with Gasteiger partial charge in [0.15, 0.2) is 5.96 Å². The topological polar surface area (TPSA) is 92.7 Å². The monoisotopic (exact) mass is 480 g/mol. The van der Waals surface area contributed by atoms with Crippen molar-refractivity contribution in [3.63, 3.8) is 0 Å². The van der Waals surface area contributed by atoms with E-state index in [0.717, 1.165) is 22.3 Å². The van der Waals surface area contributed by atoms with E-state index in [-0.39, 0.29) is 35.7 Å². The van der Waals surface area contributed by atoms with Crippen molar-refractivity contribution in [1.82, 2.24) is 10.6 Å². The summed E-state index contributed by atoms with van der Waals surface area (Å²) in [6, 6.07) is 16.2. The highest BCUT2D eigenvalue weighted by Gasteiger charge is 2.13. The lowest BCUT2D eigenvalue weighted by Crippen LogP contribution is -2.38. The van der Waals surface area contributed by atoms with E-state index >= 15 is 0 Å². The van der Waals surface area contributed by atoms with Crippen LogP contribution in [0.4, 0.5) is 5.69 Å². The molecular weight excluding hydrogens is 459 g/mol. The summed E-state index contributed by atoms with van der Waals surface area (Å²) in [7, 11) is 1.69. The van der Waals surface area contributed by atoms with Crippen molar-refractivity contribution >= 4 is 46.6 Å². The second-order valence-electron chi connectivity index (χ2n) is 5.90. The van der Waals surface area contributed by atoms with Gasteiger partial charge in [-0.15, -0.1) is 24.0 Å². The van der Waals surface area contributed by atoms with E-state index in [1.165, 1.54) is 12.1 Å². The van der Waals surface area contributed by atoms with Crippen LogP contribution in [0.1, 0.15) is 24.3 Å². The fraction of sp³-hybridized carbons (Fsp3) is 0.211. The van der Waals surface area contributed by atoms with E-state index in [1.807, 2.05) is 37.3 Å². The number of nitro benzene ring substituents is 1. The molecule has 1 unspecified atom stereocenters. The van der Waals surface area contributed by atoms with Gasteiger partial charge in [0.25, 0.3) is 5.69 Å². The van der Waals surface area contributed by atoms with Crippen LogP contribution in [0.5, 0.6) is 0 Å². The van der Waals surface area contributed by atoms with E-state index in [4.69, 9.17) is 4.42 Å². The largest absolute Gasteiger partial charge is 0.459 e. The highest BCUT2D eigenvalue weighted by molar-refractivity contribution is 14.0. The molecule has 1 heterocycles. The van der Waals surface area contributed by atoms with Crippen LogP contribution < -0.4 is 10.6 Å². The average Bonchev–Trinajstić information content (AvgIpc) is 3.09. The van der Waals surface area contributed by atoms with Crippen LogP contribution in [0, 0.1) is 10.1 Å². The van der Waals surface area contributed by atoms with Crippen LogP contribution in [0.25, 0.3) is 11.0 Å². The van der Waals surface area contributed by atoms with Gasteiger partial charge in [-0.3, -0.25) is 15.1 Å². The minimum Gasteiger partial charge on any atom is -0.459 e. The lowest BCUT2D eigenvalue weighted by atomic mass is 10.2. The third-order valence-corrected chi connectivity index (χ3v) is 4.06. The third-order valence-electron chi connectivity index (χ3n) is 4.06. The first-order valence-electron chi connectivity index (χ1n) is 8.26. The second-order valence-corrected chi connectivity index (χ2v) is 5.90. The number of nitro groups is 1. The number of guanidine groups is 1. The molecule has 0 aliphatic rings. The molecule has 0 aliphatic heterocycles. The molecule has 3 rings (SSSR count). The molecule has 0 spiro atoms. The zero-order valence-corrected chi connectivity index (χ0v) is 17.3. The molecule has 0 radical (unpaired) electrons. The Bertz CT molecular complexity index is 905. The number of rotatable bonds is 5. The number of non-ortho nitro benzene ring substituents is 1. The summed E-state index contributed by atoms with van der Waals surface area (Å²) in [5.41, 5.74) is 1.86. The first-order chi connectivity index (χ1) is 12.6. The Hall–Kier alpha value is -2.62. The van der Waals surface area contributed by atoms with Gasteiger partial charge in [-0.1, -0.05) is 30.3 Å². The Labute approximate surface area is 174 Å². The molecule has 0 amide bonds. The van der Waals surface area contributed by atoms with Gasteiger partial charge in [-0.05, 0) is 24.6 Å². The Morgan fingerprint density at radius 2 is 1.93 bits per heavy atom. The summed E-state index contributed by atoms with van der Waals surface area (Å²) in [5.74, 6) is 1.45. The number of aliphatic imine (C=N–C) groups is 1. The fourth-order valence-electron chi connectivity index (χ4n) is 2.61. The Kier molecular flexibility index (Phi) is 7.17. The molecular formula is C19H21IN4O3. The molecule has 0 aliphatic carbocycles. The normalized spacial score (nSPS) is 12.3. The molecule has 0 saturated heterocycles. The first-order valence-corrected chi connectivity index (χ1v) is 8.26. The summed E-state index contributed by atoms with van der Waals surface area (Å²) in [6.07, 6.45) is 0. The number of para-hydroxylation sites is 1. The minimum absolute atomic E-state index is 0. The predicted molar refractivity (Wildman–Crippen MR) is 116 cm³/mol. The maximum atomic E-state index is 10.7. The van der Waals surface area contributed by atoms with Crippen molar-refractivity contribution < 1.29 is 9.34 Å². The van der Waals surface area contributed by atoms with Crippen LogP contribution in [-0.2, 0) is 6.54 Å². The lowest BCUT2D eigenvalue weighted by Gasteiger charge is -2.16. The fourth-order valence-corrected chi connectivity index (χ4v) is 2.61. The van der Waals surface area contributed by atoms with Crippen molar-refractivity contribution in [1.29, 1.82) is 0 Å². The molecule has 1 atom stereocenters. The number of nitrogens with one attached hydrogen (secondary N) is 2. The zero-order chi connectivity index (χ0) is 18.5. The Morgan fingerprint density at radius 3 is 2.56 bits per heavy atom. The standard InChI is InChI=1S/C19H20N4O3.HI/c1-13(18-11-15-5-3-4-6-17(15)26-18)22-19(20-2)21-12-14-7-9-16(10-8-14)23(24)25;/h3-11,13H,12H2,1-2H3,(H2,20,21,22);1H. The van der Waals surface area contributed by atoms with Crippen LogP contribution in [-0.4, -0.2) is 17.9 Å². The highest BCUT2D eigenvalue weighted by Crippen LogP contribution is 2.23. The Morgan fingerprint density at radius 1 is 1.22 bits per heavy atom. The first kappa shape index (κ1) is 20.7. The van der Waals surface area contributed by atoms with Crippen molar-refractivity contribution in [3.8, 4) is 0 Å². The maximum Gasteiger partial charge on any atom is 0.269 e. The predicted octanol–water partition coefficient (Wildman–Crippen LogP) is 4.39. The molecule has 2 aromatic carbocycles. The quantitative estimate of drug-likeness (QED) is 0.186. The van der Waals surface area contributed by atoms with Gasteiger partial charge in [-0.2, -0.15) is 0 Å². The summed E-state index contributed by atoms with van der Waals surface area (Å²) in [4.78, 5) is 14.5. The molecule has 0 bridgehead atoms. The average molecular weight is 480 g/mol. The Balaban J connectivity index is 0.00000261. The number of hydrogen-bond donors (Lipinski definition) is 2. The molecule has 142 valence electrons. The van der Waals surface area contributed by atoms with Crippen molar-refractivity contribution in [2.75, 3.05) is 7.05 Å². The molecule has 1 aromatic heterocycles. The number of hydrogen-bond acceptors (Lipinski definition) is 4. The van der Waals surface area contributed by atoms with Gasteiger partial charge in [0, 0.05) is 31.1 Å². The minimum atomic E-state index is -0.410. The number of furan rings is 1. The van der Waals surface area contributed by atoms with E-state index in [2.05, 4.69) is 15.6 Å². The molecule has 3 aromatic rings. The van der Waals surface area contributed by atoms with E-state index in [0.29, 0.717) is 12.5 Å². The van der Waals surface area contributed by atoms with Crippen molar-refractivity contribution in [3.05, 3.63) is 76.0 Å². The SMILES string of the molecule is CN=C(NCc1ccc([N+](=O)[O-])cc1)NC(C)c1cc2ccccc2o1.I. The zero-order valence-electron chi connectivity index (χ0n) is 15.0. The van der Waals surface area contributed by atoms with Gasteiger partial charge in [-0.25, -0.2) is 0 Å². The summed E-state index contributed by atoms with van der Waals surface area (Å²) in [6.45, 7) is 2.50. The summed E-state index contributed by atoms with van der Waals surface area (Å²) < 4.78 is 5.86. The molecule has 2 N–H and O–H groups in total. The third kappa shape index (κ3) is 5.19. The van der Waals surface area contributed by atoms with Crippen LogP contribution in [0.3, 0.4) is 0 Å². The molecule has 8 heteroatoms. The number of fused-ring (bicyclic) bond motifs is 1. The van der Waals surface area contributed by atoms with Gasteiger partial charge in [0.2, 0.25) is 0 Å². The smallest absolute Gasteiger partial charge is 0.269 e. The van der Waals surface area contributed by atoms with Gasteiger partial charge >= 0.3 is 0 Å². The number of nitrogens with zero attached hydrogens (tertiary/aromatic N) is 2. The van der Waals surface area contributed by atoms with Crippen LogP contribution in [0.15, 0.2) is 64.0 Å². The molecule has 0 saturated carbocycles. The highest BCUT2D eigenvalue weighted by atomic mass is 127. The molecule has 27 heavy (non-hydrogen) atoms.